The molecule has 1 aliphatic heterocycles. The van der Waals surface area contributed by atoms with Gasteiger partial charge in [-0.2, -0.15) is 0 Å². The Bertz CT molecular complexity index is 1190. The van der Waals surface area contributed by atoms with E-state index in [0.29, 0.717) is 27.6 Å². The van der Waals surface area contributed by atoms with Crippen molar-refractivity contribution in [3.63, 3.8) is 0 Å². The SMILES string of the molecule is COc1ccccc1[C@@H]1/C(=C(\O)c2ccc(Cl)cc2)C(=O)C(=O)N1c1ccc(F)cc1. The van der Waals surface area contributed by atoms with Gasteiger partial charge < -0.3 is 9.84 Å². The fourth-order valence-electron chi connectivity index (χ4n) is 3.65. The van der Waals surface area contributed by atoms with Gasteiger partial charge in [-0.05, 0) is 54.6 Å². The lowest BCUT2D eigenvalue weighted by atomic mass is 9.94. The highest BCUT2D eigenvalue weighted by molar-refractivity contribution is 6.51. The Morgan fingerprint density at radius 2 is 1.65 bits per heavy atom. The minimum atomic E-state index is -0.975. The smallest absolute Gasteiger partial charge is 0.300 e. The summed E-state index contributed by atoms with van der Waals surface area (Å²) in [5.41, 5.74) is 1.06. The Kier molecular flexibility index (Phi) is 5.48. The van der Waals surface area contributed by atoms with Gasteiger partial charge in [-0.25, -0.2) is 4.39 Å². The maximum absolute atomic E-state index is 13.5. The van der Waals surface area contributed by atoms with Crippen molar-refractivity contribution in [2.24, 2.45) is 0 Å². The van der Waals surface area contributed by atoms with Crippen molar-refractivity contribution in [3.05, 3.63) is 100 Å². The van der Waals surface area contributed by atoms with Gasteiger partial charge in [0.15, 0.2) is 0 Å². The van der Waals surface area contributed by atoms with Crippen LogP contribution in [0.2, 0.25) is 5.02 Å². The fraction of sp³-hybridized carbons (Fsp3) is 0.0833. The van der Waals surface area contributed by atoms with Crippen molar-refractivity contribution in [3.8, 4) is 5.75 Å². The van der Waals surface area contributed by atoms with Gasteiger partial charge in [0, 0.05) is 21.8 Å². The summed E-state index contributed by atoms with van der Waals surface area (Å²) >= 11 is 5.93. The fourth-order valence-corrected chi connectivity index (χ4v) is 3.78. The van der Waals surface area contributed by atoms with Gasteiger partial charge in [-0.3, -0.25) is 14.5 Å². The minimum absolute atomic E-state index is 0.0962. The van der Waals surface area contributed by atoms with Crippen LogP contribution in [0, 0.1) is 5.82 Å². The van der Waals surface area contributed by atoms with E-state index in [2.05, 4.69) is 0 Å². The number of hydrogen-bond donors (Lipinski definition) is 1. The monoisotopic (exact) mass is 437 g/mol. The predicted molar refractivity (Wildman–Crippen MR) is 116 cm³/mol. The third-order valence-corrected chi connectivity index (χ3v) is 5.35. The zero-order valence-corrected chi connectivity index (χ0v) is 17.1. The number of ether oxygens (including phenoxy) is 1. The van der Waals surface area contributed by atoms with Crippen molar-refractivity contribution in [1.29, 1.82) is 0 Å². The summed E-state index contributed by atoms with van der Waals surface area (Å²) in [7, 11) is 1.47. The normalized spacial score (nSPS) is 17.8. The lowest BCUT2D eigenvalue weighted by Gasteiger charge is -2.26. The number of anilines is 1. The predicted octanol–water partition coefficient (Wildman–Crippen LogP) is 5.11. The topological polar surface area (TPSA) is 66.8 Å². The Morgan fingerprint density at radius 3 is 2.29 bits per heavy atom. The highest BCUT2D eigenvalue weighted by Gasteiger charge is 2.47. The summed E-state index contributed by atoms with van der Waals surface area (Å²) in [5, 5.41) is 11.5. The van der Waals surface area contributed by atoms with Gasteiger partial charge in [0.25, 0.3) is 11.7 Å². The van der Waals surface area contributed by atoms with E-state index in [1.165, 1.54) is 36.3 Å². The molecule has 1 saturated heterocycles. The van der Waals surface area contributed by atoms with E-state index in [9.17, 15) is 19.1 Å². The van der Waals surface area contributed by atoms with Gasteiger partial charge >= 0.3 is 0 Å². The zero-order chi connectivity index (χ0) is 22.1. The summed E-state index contributed by atoms with van der Waals surface area (Å²) in [6.07, 6.45) is 0. The number of aliphatic hydroxyl groups is 1. The second kappa shape index (κ2) is 8.24. The number of halogens is 2. The molecule has 4 rings (SSSR count). The molecule has 0 saturated carbocycles. The Morgan fingerprint density at radius 1 is 1.00 bits per heavy atom. The molecule has 1 fully saturated rings. The van der Waals surface area contributed by atoms with E-state index < -0.39 is 23.5 Å². The number of carbonyl (C=O) groups excluding carboxylic acids is 2. The zero-order valence-electron chi connectivity index (χ0n) is 16.4. The average Bonchev–Trinajstić information content (AvgIpc) is 3.05. The molecular weight excluding hydrogens is 421 g/mol. The Labute approximate surface area is 182 Å². The third-order valence-electron chi connectivity index (χ3n) is 5.10. The van der Waals surface area contributed by atoms with E-state index in [4.69, 9.17) is 16.3 Å². The van der Waals surface area contributed by atoms with Gasteiger partial charge in [-0.1, -0.05) is 29.8 Å². The number of rotatable bonds is 4. The van der Waals surface area contributed by atoms with Gasteiger partial charge in [-0.15, -0.1) is 0 Å². The van der Waals surface area contributed by atoms with Crippen molar-refractivity contribution in [2.75, 3.05) is 12.0 Å². The van der Waals surface area contributed by atoms with Crippen LogP contribution < -0.4 is 9.64 Å². The first-order valence-corrected chi connectivity index (χ1v) is 9.75. The number of benzene rings is 3. The maximum atomic E-state index is 13.5. The Hall–Kier alpha value is -3.64. The first-order valence-electron chi connectivity index (χ1n) is 9.38. The maximum Gasteiger partial charge on any atom is 0.300 e. The molecule has 1 heterocycles. The van der Waals surface area contributed by atoms with Crippen molar-refractivity contribution >= 4 is 34.7 Å². The molecule has 0 bridgehead atoms. The first kappa shape index (κ1) is 20.6. The number of aliphatic hydroxyl groups excluding tert-OH is 1. The van der Waals surface area contributed by atoms with Crippen LogP contribution in [0.25, 0.3) is 5.76 Å². The molecule has 0 unspecified atom stereocenters. The van der Waals surface area contributed by atoms with E-state index in [1.54, 1.807) is 48.5 Å². The van der Waals surface area contributed by atoms with Gasteiger partial charge in [0.2, 0.25) is 0 Å². The molecule has 3 aromatic carbocycles. The lowest BCUT2D eigenvalue weighted by molar-refractivity contribution is -0.132. The summed E-state index contributed by atoms with van der Waals surface area (Å²) in [4.78, 5) is 27.4. The van der Waals surface area contributed by atoms with Crippen LogP contribution in [0.1, 0.15) is 17.2 Å². The minimum Gasteiger partial charge on any atom is -0.507 e. The molecular formula is C24H17ClFNO4. The quantitative estimate of drug-likeness (QED) is 0.350. The van der Waals surface area contributed by atoms with Crippen molar-refractivity contribution in [1.82, 2.24) is 0 Å². The van der Waals surface area contributed by atoms with Gasteiger partial charge in [0.1, 0.15) is 17.3 Å². The summed E-state index contributed by atoms with van der Waals surface area (Å²) < 4.78 is 18.9. The average molecular weight is 438 g/mol. The van der Waals surface area contributed by atoms with Gasteiger partial charge in [0.05, 0.1) is 18.7 Å². The van der Waals surface area contributed by atoms with E-state index in [1.807, 2.05) is 0 Å². The van der Waals surface area contributed by atoms with Crippen LogP contribution in [0.5, 0.6) is 5.75 Å². The van der Waals surface area contributed by atoms with Crippen LogP contribution in [0.3, 0.4) is 0 Å². The summed E-state index contributed by atoms with van der Waals surface area (Å²) in [6.45, 7) is 0. The molecule has 3 aromatic rings. The molecule has 1 N–H and O–H groups in total. The number of hydrogen-bond acceptors (Lipinski definition) is 4. The number of amides is 1. The first-order chi connectivity index (χ1) is 14.9. The van der Waals surface area contributed by atoms with Crippen LogP contribution in [0.4, 0.5) is 10.1 Å². The molecule has 0 radical (unpaired) electrons. The second-order valence-corrected chi connectivity index (χ2v) is 7.33. The second-order valence-electron chi connectivity index (χ2n) is 6.89. The van der Waals surface area contributed by atoms with E-state index in [0.717, 1.165) is 0 Å². The Balaban J connectivity index is 1.97. The van der Waals surface area contributed by atoms with E-state index in [-0.39, 0.29) is 11.3 Å². The molecule has 0 aromatic heterocycles. The molecule has 1 amide bonds. The summed E-state index contributed by atoms with van der Waals surface area (Å²) in [6, 6.07) is 17.4. The molecule has 156 valence electrons. The van der Waals surface area contributed by atoms with Crippen LogP contribution in [0.15, 0.2) is 78.4 Å². The number of carbonyl (C=O) groups is 2. The molecule has 7 heteroatoms. The molecule has 0 aliphatic carbocycles. The molecule has 1 aliphatic rings. The van der Waals surface area contributed by atoms with Crippen LogP contribution in [-0.4, -0.2) is 23.9 Å². The number of ketones is 1. The number of methoxy groups -OCH3 is 1. The molecule has 5 nitrogen and oxygen atoms in total. The third kappa shape index (κ3) is 3.66. The standard InChI is InChI=1S/C24H17ClFNO4/c1-31-19-5-3-2-4-18(19)21-20(22(28)14-6-8-15(25)9-7-14)23(29)24(30)27(21)17-12-10-16(26)11-13-17/h2-13,21,28H,1H3/b22-20+/t21-/m1/s1. The number of para-hydroxylation sites is 1. The lowest BCUT2D eigenvalue weighted by Crippen LogP contribution is -2.29. The van der Waals surface area contributed by atoms with Crippen LogP contribution >= 0.6 is 11.6 Å². The number of Topliss-reactive ketones (excluding diaryl/α,β-unsaturated/α-hetero) is 1. The molecule has 31 heavy (non-hydrogen) atoms. The van der Waals surface area contributed by atoms with Crippen LogP contribution in [-0.2, 0) is 9.59 Å². The highest BCUT2D eigenvalue weighted by atomic mass is 35.5. The largest absolute Gasteiger partial charge is 0.507 e. The molecule has 1 atom stereocenters. The van der Waals surface area contributed by atoms with E-state index >= 15 is 0 Å². The van der Waals surface area contributed by atoms with Crippen molar-refractivity contribution in [2.45, 2.75) is 6.04 Å². The molecule has 0 spiro atoms. The highest BCUT2D eigenvalue weighted by Crippen LogP contribution is 2.44. The van der Waals surface area contributed by atoms with Crippen molar-refractivity contribution < 1.29 is 23.8 Å². The summed E-state index contributed by atoms with van der Waals surface area (Å²) in [5.74, 6) is -2.07. The number of nitrogens with zero attached hydrogens (tertiary/aromatic N) is 1.